The van der Waals surface area contributed by atoms with Crippen molar-refractivity contribution >= 4 is 22.7 Å². The molecule has 1 aliphatic rings. The molecule has 2 aromatic heterocycles. The van der Waals surface area contributed by atoms with Crippen LogP contribution in [-0.4, -0.2) is 63.4 Å². The Morgan fingerprint density at radius 1 is 0.760 bits per heavy atom. The van der Waals surface area contributed by atoms with Crippen molar-refractivity contribution in [2.75, 3.05) is 53.6 Å². The van der Waals surface area contributed by atoms with Crippen molar-refractivity contribution in [2.45, 2.75) is 13.1 Å². The van der Waals surface area contributed by atoms with Crippen molar-refractivity contribution in [3.63, 3.8) is 0 Å². The molecule has 5 nitrogen and oxygen atoms in total. The maximum atomic E-state index is 5.88. The summed E-state index contributed by atoms with van der Waals surface area (Å²) in [5, 5.41) is 4.19. The zero-order valence-electron chi connectivity index (χ0n) is 14.9. The summed E-state index contributed by atoms with van der Waals surface area (Å²) in [6.45, 7) is 6.14. The normalized spacial score (nSPS) is 19.3. The fourth-order valence-electron chi connectivity index (χ4n) is 2.66. The summed E-state index contributed by atoms with van der Waals surface area (Å²) in [5.74, 6) is 1.97. The Hall–Kier alpha value is -1.12. The molecule has 0 unspecified atom stereocenters. The third kappa shape index (κ3) is 5.69. The van der Waals surface area contributed by atoms with E-state index in [0.29, 0.717) is 26.4 Å². The van der Waals surface area contributed by atoms with Crippen LogP contribution in [0.15, 0.2) is 22.9 Å². The lowest BCUT2D eigenvalue weighted by atomic mass is 10.3. The molecule has 0 spiro atoms. The zero-order valence-corrected chi connectivity index (χ0v) is 16.5. The van der Waals surface area contributed by atoms with Gasteiger partial charge in [-0.15, -0.1) is 22.7 Å². The highest BCUT2D eigenvalue weighted by Crippen LogP contribution is 2.27. The highest BCUT2D eigenvalue weighted by molar-refractivity contribution is 7.10. The van der Waals surface area contributed by atoms with Crippen molar-refractivity contribution in [3.05, 3.63) is 32.6 Å². The van der Waals surface area contributed by atoms with Crippen molar-refractivity contribution in [1.29, 1.82) is 0 Å². The van der Waals surface area contributed by atoms with Gasteiger partial charge in [0, 0.05) is 26.2 Å². The van der Waals surface area contributed by atoms with Gasteiger partial charge in [0.2, 0.25) is 0 Å². The quantitative estimate of drug-likeness (QED) is 0.699. The van der Waals surface area contributed by atoms with Crippen LogP contribution in [-0.2, 0) is 17.8 Å². The van der Waals surface area contributed by atoms with Crippen LogP contribution in [0.25, 0.3) is 0 Å². The first-order valence-electron chi connectivity index (χ1n) is 8.55. The van der Waals surface area contributed by atoms with Crippen LogP contribution in [0.1, 0.15) is 9.75 Å². The number of hydrogen-bond donors (Lipinski definition) is 0. The molecule has 3 rings (SSSR count). The number of fused-ring (bicyclic) bond motifs is 2. The van der Waals surface area contributed by atoms with E-state index in [1.54, 1.807) is 22.7 Å². The number of thiophene rings is 2. The molecular formula is C18H26N2O3S2. The van der Waals surface area contributed by atoms with Crippen LogP contribution >= 0.6 is 22.7 Å². The molecule has 138 valence electrons. The molecule has 0 bridgehead atoms. The predicted octanol–water partition coefficient (Wildman–Crippen LogP) is 3.16. The molecule has 0 fully saturated rings. The Kier molecular flexibility index (Phi) is 7.12. The molecule has 0 amide bonds. The summed E-state index contributed by atoms with van der Waals surface area (Å²) < 4.78 is 17.4. The number of hydrogen-bond acceptors (Lipinski definition) is 7. The van der Waals surface area contributed by atoms with E-state index in [2.05, 4.69) is 46.8 Å². The van der Waals surface area contributed by atoms with Gasteiger partial charge in [-0.25, -0.2) is 0 Å². The van der Waals surface area contributed by atoms with E-state index in [-0.39, 0.29) is 0 Å². The first-order valence-corrected chi connectivity index (χ1v) is 10.3. The summed E-state index contributed by atoms with van der Waals surface area (Å²) in [5.41, 5.74) is 0. The molecule has 7 heteroatoms. The Balaban J connectivity index is 1.64. The van der Waals surface area contributed by atoms with Gasteiger partial charge in [-0.3, -0.25) is 9.80 Å². The van der Waals surface area contributed by atoms with E-state index in [4.69, 9.17) is 14.2 Å². The summed E-state index contributed by atoms with van der Waals surface area (Å²) >= 11 is 3.51. The Labute approximate surface area is 157 Å². The number of likely N-dealkylation sites (N-methyl/N-ethyl adjacent to an activating group) is 2. The highest BCUT2D eigenvalue weighted by atomic mass is 32.1. The molecule has 3 heterocycles. The van der Waals surface area contributed by atoms with Crippen LogP contribution in [0.4, 0.5) is 0 Å². The average molecular weight is 383 g/mol. The minimum absolute atomic E-state index is 0.569. The molecule has 25 heavy (non-hydrogen) atoms. The molecule has 0 aromatic carbocycles. The summed E-state index contributed by atoms with van der Waals surface area (Å²) in [6, 6.07) is 4.10. The van der Waals surface area contributed by atoms with Crippen LogP contribution in [0.3, 0.4) is 0 Å². The second-order valence-electron chi connectivity index (χ2n) is 6.20. The smallest absolute Gasteiger partial charge is 0.134 e. The summed E-state index contributed by atoms with van der Waals surface area (Å²) in [7, 11) is 4.32. The van der Waals surface area contributed by atoms with Gasteiger partial charge in [0.05, 0.1) is 23.0 Å². The SMILES string of the molecule is CN1CCN(C)Cc2sccc2OCCOCCOc2ccsc2C1. The maximum absolute atomic E-state index is 5.88. The van der Waals surface area contributed by atoms with Gasteiger partial charge in [-0.2, -0.15) is 0 Å². The van der Waals surface area contributed by atoms with Crippen LogP contribution < -0.4 is 9.47 Å². The Morgan fingerprint density at radius 3 is 1.72 bits per heavy atom. The monoisotopic (exact) mass is 382 g/mol. The number of nitrogens with zero attached hydrogens (tertiary/aromatic N) is 2. The van der Waals surface area contributed by atoms with Gasteiger partial charge in [-0.1, -0.05) is 0 Å². The van der Waals surface area contributed by atoms with Crippen molar-refractivity contribution in [3.8, 4) is 11.5 Å². The summed E-state index contributed by atoms with van der Waals surface area (Å²) in [4.78, 5) is 7.24. The molecule has 0 atom stereocenters. The van der Waals surface area contributed by atoms with Gasteiger partial charge in [0.25, 0.3) is 0 Å². The average Bonchev–Trinajstić information content (AvgIpc) is 3.21. The summed E-state index contributed by atoms with van der Waals surface area (Å²) in [6.07, 6.45) is 0. The molecule has 0 saturated carbocycles. The van der Waals surface area contributed by atoms with Crippen molar-refractivity contribution < 1.29 is 14.2 Å². The predicted molar refractivity (Wildman–Crippen MR) is 103 cm³/mol. The Bertz CT molecular complexity index is 590. The van der Waals surface area contributed by atoms with Gasteiger partial charge in [-0.05, 0) is 37.0 Å². The maximum Gasteiger partial charge on any atom is 0.134 e. The Morgan fingerprint density at radius 2 is 1.24 bits per heavy atom. The second-order valence-corrected chi connectivity index (χ2v) is 8.20. The lowest BCUT2D eigenvalue weighted by Crippen LogP contribution is -2.30. The molecule has 1 aliphatic heterocycles. The van der Waals surface area contributed by atoms with E-state index >= 15 is 0 Å². The van der Waals surface area contributed by atoms with Crippen molar-refractivity contribution in [1.82, 2.24) is 9.80 Å². The van der Waals surface area contributed by atoms with Gasteiger partial charge >= 0.3 is 0 Å². The van der Waals surface area contributed by atoms with Gasteiger partial charge < -0.3 is 14.2 Å². The largest absolute Gasteiger partial charge is 0.490 e. The van der Waals surface area contributed by atoms with E-state index in [1.165, 1.54) is 9.75 Å². The third-order valence-electron chi connectivity index (χ3n) is 4.07. The molecule has 0 radical (unpaired) electrons. The first-order chi connectivity index (χ1) is 12.2. The lowest BCUT2D eigenvalue weighted by molar-refractivity contribution is 0.0760. The van der Waals surface area contributed by atoms with Crippen LogP contribution in [0.2, 0.25) is 0 Å². The number of rotatable bonds is 0. The van der Waals surface area contributed by atoms with Crippen LogP contribution in [0, 0.1) is 0 Å². The van der Waals surface area contributed by atoms with Crippen molar-refractivity contribution in [2.24, 2.45) is 0 Å². The zero-order chi connectivity index (χ0) is 17.5. The highest BCUT2D eigenvalue weighted by Gasteiger charge is 2.12. The van der Waals surface area contributed by atoms with E-state index < -0.39 is 0 Å². The first kappa shape index (κ1) is 18.7. The second kappa shape index (κ2) is 9.54. The molecule has 0 N–H and O–H groups in total. The fraction of sp³-hybridized carbons (Fsp3) is 0.556. The molecule has 0 saturated heterocycles. The van der Waals surface area contributed by atoms with Gasteiger partial charge in [0.1, 0.15) is 24.7 Å². The van der Waals surface area contributed by atoms with Crippen LogP contribution in [0.5, 0.6) is 11.5 Å². The molecule has 0 aliphatic carbocycles. The van der Waals surface area contributed by atoms with E-state index in [9.17, 15) is 0 Å². The fourth-order valence-corrected chi connectivity index (χ4v) is 4.45. The van der Waals surface area contributed by atoms with E-state index in [0.717, 1.165) is 37.7 Å². The van der Waals surface area contributed by atoms with E-state index in [1.807, 2.05) is 0 Å². The molecule has 2 aromatic rings. The minimum Gasteiger partial charge on any atom is -0.490 e. The number of ether oxygens (including phenoxy) is 3. The standard InChI is InChI=1S/C18H26N2O3S2/c1-19-5-6-20(2)14-18-16(4-12-25-18)23-10-8-21-7-9-22-15-3-11-24-17(15)13-19/h3-4,11-12H,5-10,13-14H2,1-2H3. The van der Waals surface area contributed by atoms with Gasteiger partial charge in [0.15, 0.2) is 0 Å². The molecular weight excluding hydrogens is 356 g/mol. The third-order valence-corrected chi connectivity index (χ3v) is 5.84. The lowest BCUT2D eigenvalue weighted by Gasteiger charge is -2.22. The topological polar surface area (TPSA) is 34.2 Å². The minimum atomic E-state index is 0.569.